The highest BCUT2D eigenvalue weighted by Gasteiger charge is 2.25. The van der Waals surface area contributed by atoms with Crippen LogP contribution in [0.25, 0.3) is 0 Å². The van der Waals surface area contributed by atoms with Crippen LogP contribution in [-0.2, 0) is 10.1 Å². The molecule has 6 heteroatoms. The van der Waals surface area contributed by atoms with Gasteiger partial charge in [0.1, 0.15) is 0 Å². The van der Waals surface area contributed by atoms with E-state index in [1.54, 1.807) is 0 Å². The fraction of sp³-hybridized carbons (Fsp3) is 1.00. The van der Waals surface area contributed by atoms with Gasteiger partial charge in [-0.1, -0.05) is 0 Å². The van der Waals surface area contributed by atoms with Gasteiger partial charge in [-0.15, -0.1) is 0 Å². The summed E-state index contributed by atoms with van der Waals surface area (Å²) in [7, 11) is -4.16. The molecule has 3 nitrogen and oxygen atoms in total. The molecule has 0 aromatic carbocycles. The third-order valence-electron chi connectivity index (χ3n) is 1.50. The lowest BCUT2D eigenvalue weighted by molar-refractivity contribution is 0.0110. The standard InChI is InChI=1S/C6H12F2O3S/c1-5(12(9,10)11)3-4-6(2,7)8/h5H,3-4H2,1-2H3,(H,9,10,11). The molecule has 0 aromatic rings. The first-order valence-electron chi connectivity index (χ1n) is 3.47. The summed E-state index contributed by atoms with van der Waals surface area (Å²) in [5.74, 6) is -2.88. The van der Waals surface area contributed by atoms with E-state index in [9.17, 15) is 17.2 Å². The third kappa shape index (κ3) is 5.42. The summed E-state index contributed by atoms with van der Waals surface area (Å²) >= 11 is 0. The first-order chi connectivity index (χ1) is 5.13. The second-order valence-corrected chi connectivity index (χ2v) is 4.77. The van der Waals surface area contributed by atoms with Crippen LogP contribution in [0, 0.1) is 0 Å². The van der Waals surface area contributed by atoms with Crippen LogP contribution in [0.4, 0.5) is 8.78 Å². The van der Waals surface area contributed by atoms with Gasteiger partial charge in [0.2, 0.25) is 5.92 Å². The molecule has 0 aromatic heterocycles. The molecule has 0 aliphatic heterocycles. The summed E-state index contributed by atoms with van der Waals surface area (Å²) in [5, 5.41) is -1.12. The number of halogens is 2. The normalized spacial score (nSPS) is 16.1. The van der Waals surface area contributed by atoms with Gasteiger partial charge in [-0.3, -0.25) is 4.55 Å². The Labute approximate surface area is 70.5 Å². The molecule has 0 heterocycles. The van der Waals surface area contributed by atoms with Crippen molar-refractivity contribution in [3.8, 4) is 0 Å². The zero-order valence-electron chi connectivity index (χ0n) is 6.92. The van der Waals surface area contributed by atoms with E-state index in [-0.39, 0.29) is 6.42 Å². The Bertz CT molecular complexity index is 230. The number of alkyl halides is 2. The second kappa shape index (κ2) is 3.66. The Morgan fingerprint density at radius 1 is 1.50 bits per heavy atom. The van der Waals surface area contributed by atoms with Crippen molar-refractivity contribution in [1.29, 1.82) is 0 Å². The minimum absolute atomic E-state index is 0.234. The topological polar surface area (TPSA) is 54.4 Å². The lowest BCUT2D eigenvalue weighted by Gasteiger charge is -2.12. The Balaban J connectivity index is 3.98. The average molecular weight is 202 g/mol. The molecule has 0 saturated heterocycles. The summed E-state index contributed by atoms with van der Waals surface area (Å²) in [6.07, 6.45) is -0.768. The second-order valence-electron chi connectivity index (χ2n) is 2.93. The number of hydrogen-bond acceptors (Lipinski definition) is 2. The van der Waals surface area contributed by atoms with E-state index in [1.807, 2.05) is 0 Å². The molecule has 1 atom stereocenters. The van der Waals surface area contributed by atoms with Gasteiger partial charge in [0, 0.05) is 6.42 Å². The van der Waals surface area contributed by atoms with Crippen molar-refractivity contribution in [2.75, 3.05) is 0 Å². The summed E-state index contributed by atoms with van der Waals surface area (Å²) < 4.78 is 53.5. The zero-order valence-corrected chi connectivity index (χ0v) is 7.74. The minimum Gasteiger partial charge on any atom is -0.285 e. The Morgan fingerprint density at radius 3 is 2.17 bits per heavy atom. The van der Waals surface area contributed by atoms with E-state index in [0.29, 0.717) is 6.92 Å². The maximum atomic E-state index is 12.2. The van der Waals surface area contributed by atoms with Crippen molar-refractivity contribution in [1.82, 2.24) is 0 Å². The smallest absolute Gasteiger partial charge is 0.267 e. The van der Waals surface area contributed by atoms with Crippen LogP contribution in [0.3, 0.4) is 0 Å². The summed E-state index contributed by atoms with van der Waals surface area (Å²) in [6.45, 7) is 1.91. The van der Waals surface area contributed by atoms with Crippen LogP contribution in [0.5, 0.6) is 0 Å². The monoisotopic (exact) mass is 202 g/mol. The van der Waals surface area contributed by atoms with Crippen LogP contribution >= 0.6 is 0 Å². The van der Waals surface area contributed by atoms with Crippen molar-refractivity contribution in [2.45, 2.75) is 37.9 Å². The van der Waals surface area contributed by atoms with Gasteiger partial charge in [-0.25, -0.2) is 8.78 Å². The molecule has 0 rings (SSSR count). The van der Waals surface area contributed by atoms with Gasteiger partial charge in [0.15, 0.2) is 0 Å². The van der Waals surface area contributed by atoms with Gasteiger partial charge < -0.3 is 0 Å². The van der Waals surface area contributed by atoms with Crippen molar-refractivity contribution in [3.63, 3.8) is 0 Å². The first-order valence-corrected chi connectivity index (χ1v) is 4.97. The molecule has 1 N–H and O–H groups in total. The molecule has 12 heavy (non-hydrogen) atoms. The summed E-state index contributed by atoms with van der Waals surface area (Å²) in [5.41, 5.74) is 0. The van der Waals surface area contributed by atoms with Crippen molar-refractivity contribution in [2.24, 2.45) is 0 Å². The van der Waals surface area contributed by atoms with Gasteiger partial charge in [-0.2, -0.15) is 8.42 Å². The van der Waals surface area contributed by atoms with E-state index < -0.39 is 27.7 Å². The van der Waals surface area contributed by atoms with Crippen LogP contribution < -0.4 is 0 Å². The molecule has 1 unspecified atom stereocenters. The highest BCUT2D eigenvalue weighted by molar-refractivity contribution is 7.86. The van der Waals surface area contributed by atoms with Crippen molar-refractivity contribution in [3.05, 3.63) is 0 Å². The SMILES string of the molecule is CC(CCC(C)(F)F)S(=O)(=O)O. The highest BCUT2D eigenvalue weighted by atomic mass is 32.2. The third-order valence-corrected chi connectivity index (χ3v) is 2.75. The molecule has 74 valence electrons. The first kappa shape index (κ1) is 11.8. The predicted molar refractivity (Wildman–Crippen MR) is 40.9 cm³/mol. The molecule has 0 bridgehead atoms. The molecular weight excluding hydrogens is 190 g/mol. The highest BCUT2D eigenvalue weighted by Crippen LogP contribution is 2.21. The van der Waals surface area contributed by atoms with Gasteiger partial charge in [0.05, 0.1) is 5.25 Å². The summed E-state index contributed by atoms with van der Waals surface area (Å²) in [6, 6.07) is 0. The van der Waals surface area contributed by atoms with E-state index in [2.05, 4.69) is 0 Å². The fourth-order valence-corrected chi connectivity index (χ4v) is 1.02. The number of hydrogen-bond donors (Lipinski definition) is 1. The lowest BCUT2D eigenvalue weighted by atomic mass is 10.2. The molecule has 0 amide bonds. The molecule has 0 spiro atoms. The lowest BCUT2D eigenvalue weighted by Crippen LogP contribution is -2.20. The molecule has 0 aliphatic carbocycles. The molecule has 0 saturated carbocycles. The molecule has 0 radical (unpaired) electrons. The molecular formula is C6H12F2O3S. The Kier molecular flexibility index (Phi) is 3.59. The van der Waals surface area contributed by atoms with E-state index in [1.165, 1.54) is 6.92 Å². The minimum atomic E-state index is -4.16. The summed E-state index contributed by atoms with van der Waals surface area (Å²) in [4.78, 5) is 0. The van der Waals surface area contributed by atoms with Gasteiger partial charge >= 0.3 is 0 Å². The zero-order chi connectivity index (χ0) is 9.99. The maximum absolute atomic E-state index is 12.2. The van der Waals surface area contributed by atoms with E-state index >= 15 is 0 Å². The molecule has 0 fully saturated rings. The van der Waals surface area contributed by atoms with Crippen LogP contribution in [-0.4, -0.2) is 24.1 Å². The number of rotatable bonds is 4. The predicted octanol–water partition coefficient (Wildman–Crippen LogP) is 1.70. The van der Waals surface area contributed by atoms with Crippen molar-refractivity contribution < 1.29 is 21.8 Å². The average Bonchev–Trinajstić information content (AvgIpc) is 1.78. The molecule has 0 aliphatic rings. The van der Waals surface area contributed by atoms with E-state index in [4.69, 9.17) is 4.55 Å². The van der Waals surface area contributed by atoms with Crippen molar-refractivity contribution >= 4 is 10.1 Å². The van der Waals surface area contributed by atoms with Gasteiger partial charge in [-0.05, 0) is 20.3 Å². The Morgan fingerprint density at radius 2 is 1.92 bits per heavy atom. The van der Waals surface area contributed by atoms with Gasteiger partial charge in [0.25, 0.3) is 10.1 Å². The van der Waals surface area contributed by atoms with E-state index in [0.717, 1.165) is 0 Å². The van der Waals surface area contributed by atoms with Crippen LogP contribution in [0.2, 0.25) is 0 Å². The Hall–Kier alpha value is -0.230. The fourth-order valence-electron chi connectivity index (χ4n) is 0.606. The van der Waals surface area contributed by atoms with Crippen LogP contribution in [0.15, 0.2) is 0 Å². The van der Waals surface area contributed by atoms with Crippen LogP contribution in [0.1, 0.15) is 26.7 Å². The largest absolute Gasteiger partial charge is 0.285 e. The maximum Gasteiger partial charge on any atom is 0.267 e. The quantitative estimate of drug-likeness (QED) is 0.706.